The molecule has 5 nitrogen and oxygen atoms in total. The van der Waals surface area contributed by atoms with Crippen LogP contribution in [-0.4, -0.2) is 19.7 Å². The minimum absolute atomic E-state index is 0.211. The molecule has 0 saturated carbocycles. The maximum atomic E-state index is 12.4. The highest BCUT2D eigenvalue weighted by molar-refractivity contribution is 5.37. The van der Waals surface area contributed by atoms with Crippen LogP contribution >= 0.6 is 0 Å². The van der Waals surface area contributed by atoms with Gasteiger partial charge in [0, 0.05) is 13.2 Å². The topological polar surface area (TPSA) is 55.6 Å². The van der Waals surface area contributed by atoms with E-state index in [2.05, 4.69) is 20.5 Å². The van der Waals surface area contributed by atoms with Crippen molar-refractivity contribution >= 4 is 5.82 Å². The van der Waals surface area contributed by atoms with Crippen LogP contribution in [0.5, 0.6) is 0 Å². The van der Waals surface area contributed by atoms with Crippen molar-refractivity contribution in [2.75, 3.05) is 5.32 Å². The Labute approximate surface area is 107 Å². The van der Waals surface area contributed by atoms with Crippen LogP contribution in [0.15, 0.2) is 24.7 Å². The van der Waals surface area contributed by atoms with Crippen molar-refractivity contribution in [2.45, 2.75) is 19.1 Å². The minimum Gasteiger partial charge on any atom is -0.360 e. The number of pyridine rings is 1. The summed E-state index contributed by atoms with van der Waals surface area (Å²) in [5, 5.41) is 10.6. The first kappa shape index (κ1) is 13.3. The second-order valence-electron chi connectivity index (χ2n) is 4.10. The number of nitrogens with zero attached hydrogens (tertiary/aromatic N) is 4. The molecule has 102 valence electrons. The summed E-state index contributed by atoms with van der Waals surface area (Å²) in [5.41, 5.74) is -0.774. The predicted octanol–water partition coefficient (Wildman–Crippen LogP) is 2.40. The van der Waals surface area contributed by atoms with Crippen LogP contribution in [0, 0.1) is 0 Å². The maximum absolute atomic E-state index is 12.4. The predicted molar refractivity (Wildman–Crippen MR) is 62.3 cm³/mol. The van der Waals surface area contributed by atoms with Crippen molar-refractivity contribution in [3.8, 4) is 0 Å². The molecule has 1 unspecified atom stereocenters. The Morgan fingerprint density at radius 2 is 2.05 bits per heavy atom. The van der Waals surface area contributed by atoms with Gasteiger partial charge in [-0.2, -0.15) is 13.2 Å². The van der Waals surface area contributed by atoms with Gasteiger partial charge in [0.1, 0.15) is 12.1 Å². The molecule has 19 heavy (non-hydrogen) atoms. The van der Waals surface area contributed by atoms with Crippen LogP contribution in [0.25, 0.3) is 0 Å². The van der Waals surface area contributed by atoms with Gasteiger partial charge < -0.3 is 9.88 Å². The largest absolute Gasteiger partial charge is 0.417 e. The first-order valence-electron chi connectivity index (χ1n) is 5.51. The van der Waals surface area contributed by atoms with Crippen LogP contribution in [-0.2, 0) is 13.2 Å². The van der Waals surface area contributed by atoms with E-state index in [1.165, 1.54) is 6.07 Å². The van der Waals surface area contributed by atoms with Gasteiger partial charge >= 0.3 is 6.18 Å². The lowest BCUT2D eigenvalue weighted by atomic mass is 10.2. The standard InChI is InChI=1S/C11H12F3N5/c1-7(10-18-16-6-19(10)2)17-9-4-3-8(5-15-9)11(12,13)14/h3-7H,1-2H3,(H,15,17). The molecule has 2 aromatic rings. The molecular formula is C11H12F3N5. The SMILES string of the molecule is CC(Nc1ccc(C(F)(F)F)cn1)c1nncn1C. The fraction of sp³-hybridized carbons (Fsp3) is 0.364. The van der Waals surface area contributed by atoms with Gasteiger partial charge in [0.2, 0.25) is 0 Å². The second-order valence-corrected chi connectivity index (χ2v) is 4.10. The Balaban J connectivity index is 2.10. The van der Waals surface area contributed by atoms with Crippen molar-refractivity contribution in [1.82, 2.24) is 19.7 Å². The van der Waals surface area contributed by atoms with E-state index in [9.17, 15) is 13.2 Å². The fourth-order valence-corrected chi connectivity index (χ4v) is 1.62. The van der Waals surface area contributed by atoms with Gasteiger partial charge in [-0.1, -0.05) is 0 Å². The maximum Gasteiger partial charge on any atom is 0.417 e. The highest BCUT2D eigenvalue weighted by Crippen LogP contribution is 2.29. The van der Waals surface area contributed by atoms with Crippen molar-refractivity contribution in [2.24, 2.45) is 7.05 Å². The zero-order valence-electron chi connectivity index (χ0n) is 10.3. The summed E-state index contributed by atoms with van der Waals surface area (Å²) < 4.78 is 38.9. The molecule has 0 aliphatic heterocycles. The van der Waals surface area contributed by atoms with Crippen molar-refractivity contribution in [3.63, 3.8) is 0 Å². The van der Waals surface area contributed by atoms with Crippen LogP contribution in [0.1, 0.15) is 24.4 Å². The van der Waals surface area contributed by atoms with E-state index in [1.807, 2.05) is 6.92 Å². The second kappa shape index (κ2) is 4.87. The lowest BCUT2D eigenvalue weighted by molar-refractivity contribution is -0.137. The highest BCUT2D eigenvalue weighted by Gasteiger charge is 2.30. The molecule has 2 rings (SSSR count). The first-order valence-corrected chi connectivity index (χ1v) is 5.51. The summed E-state index contributed by atoms with van der Waals surface area (Å²) in [6.07, 6.45) is -2.03. The molecule has 0 bridgehead atoms. The van der Waals surface area contributed by atoms with E-state index in [1.54, 1.807) is 17.9 Å². The summed E-state index contributed by atoms with van der Waals surface area (Å²) in [5.74, 6) is 1.02. The van der Waals surface area contributed by atoms with Crippen LogP contribution in [0.2, 0.25) is 0 Å². The number of halogens is 3. The molecule has 1 N–H and O–H groups in total. The number of rotatable bonds is 3. The summed E-state index contributed by atoms with van der Waals surface area (Å²) in [6.45, 7) is 1.82. The third kappa shape index (κ3) is 3.01. The molecule has 0 radical (unpaired) electrons. The minimum atomic E-state index is -4.37. The summed E-state index contributed by atoms with van der Waals surface area (Å²) in [7, 11) is 1.79. The summed E-state index contributed by atoms with van der Waals surface area (Å²) >= 11 is 0. The number of anilines is 1. The Morgan fingerprint density at radius 1 is 1.32 bits per heavy atom. The fourth-order valence-electron chi connectivity index (χ4n) is 1.62. The zero-order valence-corrected chi connectivity index (χ0v) is 10.3. The number of aromatic nitrogens is 4. The van der Waals surface area contributed by atoms with E-state index in [4.69, 9.17) is 0 Å². The Bertz CT molecular complexity index is 546. The van der Waals surface area contributed by atoms with Gasteiger partial charge in [0.05, 0.1) is 11.6 Å². The Morgan fingerprint density at radius 3 is 2.53 bits per heavy atom. The molecule has 1 atom stereocenters. The lowest BCUT2D eigenvalue weighted by Gasteiger charge is -2.14. The molecule has 8 heteroatoms. The Hall–Kier alpha value is -2.12. The number of hydrogen-bond acceptors (Lipinski definition) is 4. The van der Waals surface area contributed by atoms with Crippen LogP contribution in [0.3, 0.4) is 0 Å². The monoisotopic (exact) mass is 271 g/mol. The molecule has 0 amide bonds. The molecule has 0 aliphatic rings. The van der Waals surface area contributed by atoms with Gasteiger partial charge in [-0.05, 0) is 19.1 Å². The van der Waals surface area contributed by atoms with Crippen LogP contribution < -0.4 is 5.32 Å². The molecule has 0 spiro atoms. The van der Waals surface area contributed by atoms with E-state index >= 15 is 0 Å². The lowest BCUT2D eigenvalue weighted by Crippen LogP contribution is -2.13. The Kier molecular flexibility index (Phi) is 3.41. The summed E-state index contributed by atoms with van der Waals surface area (Å²) in [4.78, 5) is 3.74. The van der Waals surface area contributed by atoms with Gasteiger partial charge in [-0.3, -0.25) is 0 Å². The smallest absolute Gasteiger partial charge is 0.360 e. The normalized spacial score (nSPS) is 13.3. The molecular weight excluding hydrogens is 259 g/mol. The number of aryl methyl sites for hydroxylation is 1. The molecule has 0 aliphatic carbocycles. The molecule has 0 aromatic carbocycles. The van der Waals surface area contributed by atoms with Gasteiger partial charge in [-0.25, -0.2) is 4.98 Å². The van der Waals surface area contributed by atoms with Crippen molar-refractivity contribution in [3.05, 3.63) is 36.0 Å². The number of hydrogen-bond donors (Lipinski definition) is 1. The van der Waals surface area contributed by atoms with Gasteiger partial charge in [0.15, 0.2) is 5.82 Å². The number of alkyl halides is 3. The quantitative estimate of drug-likeness (QED) is 0.931. The van der Waals surface area contributed by atoms with Crippen molar-refractivity contribution < 1.29 is 13.2 Å². The van der Waals surface area contributed by atoms with E-state index in [-0.39, 0.29) is 6.04 Å². The van der Waals surface area contributed by atoms with E-state index in [0.717, 1.165) is 12.3 Å². The molecule has 0 fully saturated rings. The number of nitrogens with one attached hydrogen (secondary N) is 1. The third-order valence-electron chi connectivity index (χ3n) is 2.59. The first-order chi connectivity index (χ1) is 8.88. The zero-order chi connectivity index (χ0) is 14.0. The van der Waals surface area contributed by atoms with Gasteiger partial charge in [0.25, 0.3) is 0 Å². The van der Waals surface area contributed by atoms with Crippen molar-refractivity contribution in [1.29, 1.82) is 0 Å². The van der Waals surface area contributed by atoms with Gasteiger partial charge in [-0.15, -0.1) is 10.2 Å². The molecule has 2 aromatic heterocycles. The third-order valence-corrected chi connectivity index (χ3v) is 2.59. The van der Waals surface area contributed by atoms with E-state index in [0.29, 0.717) is 11.6 Å². The van der Waals surface area contributed by atoms with Crippen LogP contribution in [0.4, 0.5) is 19.0 Å². The molecule has 2 heterocycles. The average molecular weight is 271 g/mol. The van der Waals surface area contributed by atoms with E-state index < -0.39 is 11.7 Å². The average Bonchev–Trinajstić information content (AvgIpc) is 2.75. The summed E-state index contributed by atoms with van der Waals surface area (Å²) in [6, 6.07) is 2.06. The molecule has 0 saturated heterocycles. The highest BCUT2D eigenvalue weighted by atomic mass is 19.4.